The molecule has 0 radical (unpaired) electrons. The molecular weight excluding hydrogens is 245 g/mol. The lowest BCUT2D eigenvalue weighted by molar-refractivity contribution is -0.138. The average Bonchev–Trinajstić information content (AvgIpc) is 2.33. The van der Waals surface area contributed by atoms with Crippen LogP contribution in [0, 0.1) is 0 Å². The van der Waals surface area contributed by atoms with Crippen LogP contribution in [0.25, 0.3) is 0 Å². The van der Waals surface area contributed by atoms with Gasteiger partial charge in [0, 0.05) is 12.7 Å². The van der Waals surface area contributed by atoms with Crippen LogP contribution >= 0.6 is 0 Å². The van der Waals surface area contributed by atoms with Crippen LogP contribution in [-0.2, 0) is 12.7 Å². The Morgan fingerprint density at radius 3 is 2.78 bits per heavy atom. The summed E-state index contributed by atoms with van der Waals surface area (Å²) in [5, 5.41) is 12.2. The zero-order chi connectivity index (χ0) is 13.6. The van der Waals surface area contributed by atoms with Crippen LogP contribution in [0.2, 0.25) is 0 Å². The number of aliphatic hydroxyl groups is 1. The summed E-state index contributed by atoms with van der Waals surface area (Å²) >= 11 is 0. The molecule has 0 bridgehead atoms. The maximum atomic E-state index is 12.6. The van der Waals surface area contributed by atoms with Crippen LogP contribution in [0.1, 0.15) is 31.0 Å². The van der Waals surface area contributed by atoms with E-state index in [1.807, 2.05) is 6.92 Å². The van der Waals surface area contributed by atoms with Crippen molar-refractivity contribution in [3.05, 3.63) is 29.6 Å². The molecule has 0 aliphatic heterocycles. The molecule has 1 aromatic heterocycles. The number of nitrogens with zero attached hydrogens (tertiary/aromatic N) is 1. The number of rotatable bonds is 6. The molecule has 0 aliphatic rings. The van der Waals surface area contributed by atoms with Gasteiger partial charge in [-0.05, 0) is 31.5 Å². The molecule has 1 unspecified atom stereocenters. The summed E-state index contributed by atoms with van der Waals surface area (Å²) in [5.41, 5.74) is -0.732. The first kappa shape index (κ1) is 14.9. The molecule has 3 nitrogen and oxygen atoms in total. The Morgan fingerprint density at radius 2 is 2.17 bits per heavy atom. The normalized spacial score (nSPS) is 13.6. The fraction of sp³-hybridized carbons (Fsp3) is 0.583. The van der Waals surface area contributed by atoms with E-state index in [4.69, 9.17) is 0 Å². The van der Waals surface area contributed by atoms with E-state index in [1.54, 1.807) is 0 Å². The van der Waals surface area contributed by atoms with Crippen molar-refractivity contribution in [2.45, 2.75) is 38.6 Å². The number of aromatic nitrogens is 1. The summed E-state index contributed by atoms with van der Waals surface area (Å²) in [7, 11) is 0. The van der Waals surface area contributed by atoms with Crippen molar-refractivity contribution < 1.29 is 18.3 Å². The standard InChI is InChI=1S/C12H17F3N2O/c1-2-9(18)5-7-16-8-11-10(12(13,14)15)4-3-6-17-11/h3-4,6,9,16,18H,2,5,7-8H2,1H3. The SMILES string of the molecule is CCC(O)CCNCc1ncccc1C(F)(F)F. The highest BCUT2D eigenvalue weighted by molar-refractivity contribution is 5.22. The summed E-state index contributed by atoms with van der Waals surface area (Å²) in [6.07, 6.45) is -2.30. The van der Waals surface area contributed by atoms with Crippen molar-refractivity contribution in [2.75, 3.05) is 6.54 Å². The highest BCUT2D eigenvalue weighted by Gasteiger charge is 2.33. The number of hydrogen-bond acceptors (Lipinski definition) is 3. The van der Waals surface area contributed by atoms with E-state index in [0.717, 1.165) is 6.07 Å². The molecular formula is C12H17F3N2O. The predicted molar refractivity (Wildman–Crippen MR) is 61.9 cm³/mol. The van der Waals surface area contributed by atoms with Crippen LogP contribution in [0.15, 0.2) is 18.3 Å². The lowest BCUT2D eigenvalue weighted by Gasteiger charge is -2.13. The third kappa shape index (κ3) is 4.62. The van der Waals surface area contributed by atoms with Crippen LogP contribution < -0.4 is 5.32 Å². The number of pyridine rings is 1. The largest absolute Gasteiger partial charge is 0.418 e. The van der Waals surface area contributed by atoms with E-state index in [0.29, 0.717) is 19.4 Å². The van der Waals surface area contributed by atoms with Crippen LogP contribution in [0.4, 0.5) is 13.2 Å². The summed E-state index contributed by atoms with van der Waals surface area (Å²) in [4.78, 5) is 3.74. The van der Waals surface area contributed by atoms with Crippen molar-refractivity contribution >= 4 is 0 Å². The summed E-state index contributed by atoms with van der Waals surface area (Å²) in [6.45, 7) is 2.36. The lowest BCUT2D eigenvalue weighted by atomic mass is 10.1. The maximum Gasteiger partial charge on any atom is 0.418 e. The topological polar surface area (TPSA) is 45.1 Å². The van der Waals surface area contributed by atoms with Crippen molar-refractivity contribution in [1.29, 1.82) is 0 Å². The highest BCUT2D eigenvalue weighted by Crippen LogP contribution is 2.30. The Balaban J connectivity index is 2.52. The Kier molecular flexibility index (Phi) is 5.55. The quantitative estimate of drug-likeness (QED) is 0.773. The van der Waals surface area contributed by atoms with Gasteiger partial charge in [0.2, 0.25) is 0 Å². The predicted octanol–water partition coefficient (Wildman–Crippen LogP) is 2.35. The second-order valence-corrected chi connectivity index (χ2v) is 4.02. The number of hydrogen-bond donors (Lipinski definition) is 2. The van der Waals surface area contributed by atoms with Gasteiger partial charge in [-0.1, -0.05) is 6.92 Å². The highest BCUT2D eigenvalue weighted by atomic mass is 19.4. The van der Waals surface area contributed by atoms with Gasteiger partial charge < -0.3 is 10.4 Å². The van der Waals surface area contributed by atoms with E-state index >= 15 is 0 Å². The van der Waals surface area contributed by atoms with Gasteiger partial charge in [0.15, 0.2) is 0 Å². The zero-order valence-electron chi connectivity index (χ0n) is 10.2. The average molecular weight is 262 g/mol. The molecule has 0 saturated heterocycles. The fourth-order valence-corrected chi connectivity index (χ4v) is 1.52. The molecule has 0 aromatic carbocycles. The fourth-order valence-electron chi connectivity index (χ4n) is 1.52. The summed E-state index contributed by atoms with van der Waals surface area (Å²) < 4.78 is 37.9. The molecule has 0 aliphatic carbocycles. The molecule has 0 spiro atoms. The zero-order valence-corrected chi connectivity index (χ0v) is 10.2. The second-order valence-electron chi connectivity index (χ2n) is 4.02. The van der Waals surface area contributed by atoms with E-state index in [2.05, 4.69) is 10.3 Å². The van der Waals surface area contributed by atoms with Gasteiger partial charge in [-0.2, -0.15) is 13.2 Å². The van der Waals surface area contributed by atoms with Gasteiger partial charge in [0.05, 0.1) is 17.4 Å². The van der Waals surface area contributed by atoms with E-state index in [1.165, 1.54) is 12.3 Å². The van der Waals surface area contributed by atoms with E-state index < -0.39 is 17.8 Å². The third-order valence-corrected chi connectivity index (χ3v) is 2.61. The number of halogens is 3. The van der Waals surface area contributed by atoms with Crippen molar-refractivity contribution in [1.82, 2.24) is 10.3 Å². The summed E-state index contributed by atoms with van der Waals surface area (Å²) in [6, 6.07) is 2.29. The minimum atomic E-state index is -4.38. The van der Waals surface area contributed by atoms with Gasteiger partial charge in [0.1, 0.15) is 0 Å². The molecule has 0 saturated carbocycles. The number of nitrogens with one attached hydrogen (secondary N) is 1. The molecule has 0 amide bonds. The minimum absolute atomic E-state index is 0.0176. The van der Waals surface area contributed by atoms with Crippen LogP contribution in [0.3, 0.4) is 0 Å². The van der Waals surface area contributed by atoms with Crippen LogP contribution in [0.5, 0.6) is 0 Å². The molecule has 2 N–H and O–H groups in total. The molecule has 1 heterocycles. The lowest BCUT2D eigenvalue weighted by Crippen LogP contribution is -2.22. The molecule has 1 atom stereocenters. The van der Waals surface area contributed by atoms with E-state index in [-0.39, 0.29) is 12.2 Å². The first-order chi connectivity index (χ1) is 8.45. The van der Waals surface area contributed by atoms with Crippen molar-refractivity contribution in [3.63, 3.8) is 0 Å². The minimum Gasteiger partial charge on any atom is -0.393 e. The number of aliphatic hydroxyl groups excluding tert-OH is 1. The Labute approximate surface area is 104 Å². The third-order valence-electron chi connectivity index (χ3n) is 2.61. The van der Waals surface area contributed by atoms with Gasteiger partial charge in [-0.25, -0.2) is 0 Å². The van der Waals surface area contributed by atoms with Crippen LogP contribution in [-0.4, -0.2) is 22.7 Å². The first-order valence-electron chi connectivity index (χ1n) is 5.85. The monoisotopic (exact) mass is 262 g/mol. The molecule has 102 valence electrons. The first-order valence-corrected chi connectivity index (χ1v) is 5.85. The Morgan fingerprint density at radius 1 is 1.44 bits per heavy atom. The Bertz CT molecular complexity index is 369. The maximum absolute atomic E-state index is 12.6. The van der Waals surface area contributed by atoms with Crippen molar-refractivity contribution in [3.8, 4) is 0 Å². The smallest absolute Gasteiger partial charge is 0.393 e. The van der Waals surface area contributed by atoms with Gasteiger partial charge in [0.25, 0.3) is 0 Å². The van der Waals surface area contributed by atoms with Crippen molar-refractivity contribution in [2.24, 2.45) is 0 Å². The molecule has 1 aromatic rings. The van der Waals surface area contributed by atoms with Gasteiger partial charge >= 0.3 is 6.18 Å². The molecule has 1 rings (SSSR count). The Hall–Kier alpha value is -1.14. The number of alkyl halides is 3. The molecule has 0 fully saturated rings. The van der Waals surface area contributed by atoms with E-state index in [9.17, 15) is 18.3 Å². The molecule has 6 heteroatoms. The summed E-state index contributed by atoms with van der Waals surface area (Å²) in [5.74, 6) is 0. The second kappa shape index (κ2) is 6.70. The molecule has 18 heavy (non-hydrogen) atoms. The van der Waals surface area contributed by atoms with Gasteiger partial charge in [-0.15, -0.1) is 0 Å². The van der Waals surface area contributed by atoms with Gasteiger partial charge in [-0.3, -0.25) is 4.98 Å².